The van der Waals surface area contributed by atoms with Crippen LogP contribution in [0.2, 0.25) is 0 Å². The predicted molar refractivity (Wildman–Crippen MR) is 148 cm³/mol. The Labute approximate surface area is 233 Å². The third-order valence-electron chi connectivity index (χ3n) is 7.08. The molecule has 0 unspecified atom stereocenters. The largest absolute Gasteiger partial charge is 0.455 e. The fourth-order valence-electron chi connectivity index (χ4n) is 4.91. The van der Waals surface area contributed by atoms with Gasteiger partial charge in [-0.1, -0.05) is 6.58 Å². The number of piperazine rings is 1. The standard InChI is InChI=1S/C28H25F2N9O2/c1-4-23(40)38-10-9-37(13-16(38)2)20-6-5-19-24(26(20)30)27(34-14-32-19)36-28-25(29)17(3)21(12-31-28)41-18-7-8-39-22(11-18)33-15-35-39/h4-8,11-12,14-16H,1,9-10,13H2,2-3H3,(H,31,32,34,36)/t16-/m1/s1. The SMILES string of the molecule is C=CC(=O)N1CCN(c2ccc3ncnc(Nc4ncc(Oc5ccn6ncnc6c5)c(C)c4F)c3c2F)C[C@H]1C. The molecule has 1 N–H and O–H groups in total. The maximum atomic E-state index is 16.0. The molecular formula is C28H25F2N9O2. The molecule has 1 amide bonds. The number of hydrogen-bond acceptors (Lipinski definition) is 9. The molecule has 0 spiro atoms. The number of nitrogens with one attached hydrogen (secondary N) is 1. The molecule has 5 heterocycles. The molecule has 0 bridgehead atoms. The average molecular weight is 558 g/mol. The maximum Gasteiger partial charge on any atom is 0.246 e. The van der Waals surface area contributed by atoms with Crippen LogP contribution in [0, 0.1) is 18.6 Å². The van der Waals surface area contributed by atoms with Crippen LogP contribution >= 0.6 is 0 Å². The van der Waals surface area contributed by atoms with Crippen LogP contribution in [0.3, 0.4) is 0 Å². The fourth-order valence-corrected chi connectivity index (χ4v) is 4.91. The van der Waals surface area contributed by atoms with Crippen molar-refractivity contribution in [1.82, 2.24) is 34.4 Å². The van der Waals surface area contributed by atoms with Crippen LogP contribution in [0.1, 0.15) is 12.5 Å². The number of pyridine rings is 2. The molecule has 6 rings (SSSR count). The number of amides is 1. The van der Waals surface area contributed by atoms with Crippen molar-refractivity contribution in [3.05, 3.63) is 79.2 Å². The van der Waals surface area contributed by atoms with Gasteiger partial charge in [0.2, 0.25) is 5.91 Å². The van der Waals surface area contributed by atoms with Gasteiger partial charge in [-0.3, -0.25) is 4.79 Å². The lowest BCUT2D eigenvalue weighted by atomic mass is 10.1. The van der Waals surface area contributed by atoms with Crippen LogP contribution in [0.15, 0.2) is 62.0 Å². The van der Waals surface area contributed by atoms with Crippen molar-refractivity contribution in [3.63, 3.8) is 0 Å². The number of halogens is 2. The van der Waals surface area contributed by atoms with Crippen molar-refractivity contribution in [1.29, 1.82) is 0 Å². The molecule has 1 aliphatic rings. The minimum Gasteiger partial charge on any atom is -0.455 e. The minimum atomic E-state index is -0.675. The van der Waals surface area contributed by atoms with Gasteiger partial charge in [0.1, 0.15) is 24.2 Å². The van der Waals surface area contributed by atoms with Crippen molar-refractivity contribution in [2.24, 2.45) is 0 Å². The van der Waals surface area contributed by atoms with E-state index in [1.807, 2.05) is 11.8 Å². The first-order chi connectivity index (χ1) is 19.8. The first-order valence-electron chi connectivity index (χ1n) is 12.8. The van der Waals surface area contributed by atoms with Crippen LogP contribution < -0.4 is 15.0 Å². The Morgan fingerprint density at radius 1 is 1.10 bits per heavy atom. The summed E-state index contributed by atoms with van der Waals surface area (Å²) in [7, 11) is 0. The third kappa shape index (κ3) is 4.75. The van der Waals surface area contributed by atoms with Gasteiger partial charge >= 0.3 is 0 Å². The van der Waals surface area contributed by atoms with E-state index in [2.05, 4.69) is 36.9 Å². The highest BCUT2D eigenvalue weighted by atomic mass is 19.1. The van der Waals surface area contributed by atoms with Gasteiger partial charge in [-0.25, -0.2) is 33.2 Å². The van der Waals surface area contributed by atoms with Gasteiger partial charge in [-0.05, 0) is 38.1 Å². The van der Waals surface area contributed by atoms with Crippen LogP contribution in [0.4, 0.5) is 26.1 Å². The van der Waals surface area contributed by atoms with E-state index in [9.17, 15) is 4.79 Å². The minimum absolute atomic E-state index is 0.0691. The molecule has 1 saturated heterocycles. The van der Waals surface area contributed by atoms with E-state index >= 15 is 8.78 Å². The number of fused-ring (bicyclic) bond motifs is 2. The Balaban J connectivity index is 1.28. The summed E-state index contributed by atoms with van der Waals surface area (Å²) < 4.78 is 38.9. The molecule has 1 atom stereocenters. The van der Waals surface area contributed by atoms with Gasteiger partial charge in [-0.2, -0.15) is 5.10 Å². The van der Waals surface area contributed by atoms with E-state index in [1.165, 1.54) is 24.9 Å². The van der Waals surface area contributed by atoms with Crippen molar-refractivity contribution < 1.29 is 18.3 Å². The number of nitrogens with zero attached hydrogens (tertiary/aromatic N) is 8. The quantitative estimate of drug-likeness (QED) is 0.303. The zero-order valence-electron chi connectivity index (χ0n) is 22.3. The van der Waals surface area contributed by atoms with Crippen LogP contribution in [0.25, 0.3) is 16.6 Å². The lowest BCUT2D eigenvalue weighted by Gasteiger charge is -2.40. The van der Waals surface area contributed by atoms with E-state index in [4.69, 9.17) is 4.74 Å². The number of ether oxygens (including phenoxy) is 1. The number of carbonyl (C=O) groups excluding carboxylic acids is 1. The third-order valence-corrected chi connectivity index (χ3v) is 7.08. The lowest BCUT2D eigenvalue weighted by Crippen LogP contribution is -2.53. The highest BCUT2D eigenvalue weighted by Gasteiger charge is 2.28. The smallest absolute Gasteiger partial charge is 0.246 e. The summed E-state index contributed by atoms with van der Waals surface area (Å²) in [5.74, 6) is -0.809. The Hall–Kier alpha value is -5.20. The van der Waals surface area contributed by atoms with E-state index < -0.39 is 11.6 Å². The van der Waals surface area contributed by atoms with Crippen LogP contribution in [-0.4, -0.2) is 66.0 Å². The van der Waals surface area contributed by atoms with Crippen molar-refractivity contribution in [3.8, 4) is 11.5 Å². The summed E-state index contributed by atoms with van der Waals surface area (Å²) in [4.78, 5) is 32.4. The van der Waals surface area contributed by atoms with Crippen molar-refractivity contribution in [2.45, 2.75) is 19.9 Å². The van der Waals surface area contributed by atoms with Gasteiger partial charge in [0.25, 0.3) is 0 Å². The topological polar surface area (TPSA) is 114 Å². The summed E-state index contributed by atoms with van der Waals surface area (Å²) in [6, 6.07) is 6.54. The second-order valence-electron chi connectivity index (χ2n) is 9.61. The maximum absolute atomic E-state index is 16.0. The second kappa shape index (κ2) is 10.4. The predicted octanol–water partition coefficient (Wildman–Crippen LogP) is 4.41. The molecule has 1 aliphatic heterocycles. The highest BCUT2D eigenvalue weighted by Crippen LogP contribution is 2.34. The second-order valence-corrected chi connectivity index (χ2v) is 9.61. The van der Waals surface area contributed by atoms with E-state index in [1.54, 1.807) is 46.8 Å². The van der Waals surface area contributed by atoms with Crippen LogP contribution in [-0.2, 0) is 4.79 Å². The summed E-state index contributed by atoms with van der Waals surface area (Å²) in [6.07, 6.45) is 7.03. The first kappa shape index (κ1) is 26.0. The summed E-state index contributed by atoms with van der Waals surface area (Å²) in [6.45, 7) is 8.30. The number of carbonyl (C=O) groups is 1. The Morgan fingerprint density at radius 2 is 1.95 bits per heavy atom. The molecule has 13 heteroatoms. The molecular weight excluding hydrogens is 532 g/mol. The molecule has 4 aromatic heterocycles. The van der Waals surface area contributed by atoms with Gasteiger partial charge in [0.05, 0.1) is 22.8 Å². The molecule has 208 valence electrons. The lowest BCUT2D eigenvalue weighted by molar-refractivity contribution is -0.128. The zero-order valence-corrected chi connectivity index (χ0v) is 22.3. The van der Waals surface area contributed by atoms with Gasteiger partial charge in [-0.15, -0.1) is 0 Å². The molecule has 0 aliphatic carbocycles. The number of aromatic nitrogens is 6. The number of benzene rings is 1. The fraction of sp³-hybridized carbons (Fsp3) is 0.214. The number of hydrogen-bond donors (Lipinski definition) is 1. The Morgan fingerprint density at radius 3 is 2.76 bits per heavy atom. The average Bonchev–Trinajstić information content (AvgIpc) is 3.45. The molecule has 1 fully saturated rings. The van der Waals surface area contributed by atoms with Crippen molar-refractivity contribution in [2.75, 3.05) is 29.9 Å². The molecule has 11 nitrogen and oxygen atoms in total. The van der Waals surface area contributed by atoms with Crippen molar-refractivity contribution >= 4 is 39.8 Å². The molecule has 1 aromatic carbocycles. The van der Waals surface area contributed by atoms with Gasteiger partial charge < -0.3 is 19.9 Å². The molecule has 0 radical (unpaired) electrons. The monoisotopic (exact) mass is 557 g/mol. The van der Waals surface area contributed by atoms with E-state index in [0.29, 0.717) is 42.2 Å². The Bertz CT molecular complexity index is 1810. The number of rotatable bonds is 6. The summed E-state index contributed by atoms with van der Waals surface area (Å²) in [5.41, 5.74) is 1.46. The van der Waals surface area contributed by atoms with Gasteiger partial charge in [0.15, 0.2) is 28.8 Å². The van der Waals surface area contributed by atoms with Gasteiger partial charge in [0, 0.05) is 43.5 Å². The van der Waals surface area contributed by atoms with E-state index in [0.717, 1.165) is 0 Å². The summed E-state index contributed by atoms with van der Waals surface area (Å²) >= 11 is 0. The zero-order chi connectivity index (χ0) is 28.7. The molecule has 0 saturated carbocycles. The summed E-state index contributed by atoms with van der Waals surface area (Å²) in [5, 5.41) is 6.98. The first-order valence-corrected chi connectivity index (χ1v) is 12.8. The van der Waals surface area contributed by atoms with Crippen LogP contribution in [0.5, 0.6) is 11.5 Å². The Kier molecular flexibility index (Phi) is 6.61. The molecule has 5 aromatic rings. The normalized spacial score (nSPS) is 15.4. The van der Waals surface area contributed by atoms with E-state index in [-0.39, 0.29) is 40.3 Å². The highest BCUT2D eigenvalue weighted by molar-refractivity contribution is 5.94. The molecule has 41 heavy (non-hydrogen) atoms. The number of anilines is 3.